The summed E-state index contributed by atoms with van der Waals surface area (Å²) in [6.07, 6.45) is 3.62. The zero-order chi connectivity index (χ0) is 15.4. The predicted octanol–water partition coefficient (Wildman–Crippen LogP) is 2.72. The van der Waals surface area contributed by atoms with Gasteiger partial charge in [0.25, 0.3) is 5.91 Å². The lowest BCUT2D eigenvalue weighted by Gasteiger charge is -2.25. The summed E-state index contributed by atoms with van der Waals surface area (Å²) in [5.41, 5.74) is 1.06. The standard InChI is InChI=1S/C17H23NO4/c1-2-3-8-18(17(19)15-5-4-9-20-15)11-13-6-7-14-16(10-13)22-12-21-14/h6-7,10,15H,2-5,8-9,11-12H2,1H3. The van der Waals surface area contributed by atoms with Crippen LogP contribution in [0.3, 0.4) is 0 Å². The summed E-state index contributed by atoms with van der Waals surface area (Å²) in [7, 11) is 0. The molecule has 5 heteroatoms. The molecule has 0 aromatic heterocycles. The maximum atomic E-state index is 12.6. The fourth-order valence-corrected chi connectivity index (χ4v) is 2.85. The van der Waals surface area contributed by atoms with E-state index >= 15 is 0 Å². The number of carbonyl (C=O) groups is 1. The highest BCUT2D eigenvalue weighted by molar-refractivity contribution is 5.81. The molecule has 0 aliphatic carbocycles. The minimum atomic E-state index is -0.258. The van der Waals surface area contributed by atoms with Crippen molar-refractivity contribution in [2.24, 2.45) is 0 Å². The molecule has 2 heterocycles. The van der Waals surface area contributed by atoms with Crippen molar-refractivity contribution in [3.63, 3.8) is 0 Å². The number of benzene rings is 1. The number of hydrogen-bond donors (Lipinski definition) is 0. The van der Waals surface area contributed by atoms with Crippen molar-refractivity contribution in [2.75, 3.05) is 19.9 Å². The third kappa shape index (κ3) is 3.35. The Morgan fingerprint density at radius 3 is 2.95 bits per heavy atom. The Hall–Kier alpha value is -1.75. The van der Waals surface area contributed by atoms with E-state index < -0.39 is 0 Å². The van der Waals surface area contributed by atoms with Gasteiger partial charge in [-0.25, -0.2) is 0 Å². The summed E-state index contributed by atoms with van der Waals surface area (Å²) >= 11 is 0. The molecule has 1 amide bonds. The average Bonchev–Trinajstić information content (AvgIpc) is 3.21. The Bertz CT molecular complexity index is 525. The lowest BCUT2D eigenvalue weighted by Crippen LogP contribution is -2.39. The number of ether oxygens (including phenoxy) is 3. The van der Waals surface area contributed by atoms with Gasteiger partial charge in [0.2, 0.25) is 6.79 Å². The van der Waals surface area contributed by atoms with Gasteiger partial charge in [-0.15, -0.1) is 0 Å². The molecule has 0 saturated carbocycles. The molecular weight excluding hydrogens is 282 g/mol. The Labute approximate surface area is 131 Å². The fraction of sp³-hybridized carbons (Fsp3) is 0.588. The highest BCUT2D eigenvalue weighted by Gasteiger charge is 2.28. The van der Waals surface area contributed by atoms with Crippen LogP contribution in [-0.2, 0) is 16.1 Å². The van der Waals surface area contributed by atoms with Gasteiger partial charge < -0.3 is 19.1 Å². The van der Waals surface area contributed by atoms with E-state index in [9.17, 15) is 4.79 Å². The molecule has 2 aliphatic heterocycles. The zero-order valence-electron chi connectivity index (χ0n) is 13.0. The average molecular weight is 305 g/mol. The van der Waals surface area contributed by atoms with Crippen LogP contribution >= 0.6 is 0 Å². The monoisotopic (exact) mass is 305 g/mol. The first kappa shape index (κ1) is 15.2. The molecule has 1 aromatic rings. The molecule has 0 bridgehead atoms. The summed E-state index contributed by atoms with van der Waals surface area (Å²) in [6.45, 7) is 4.46. The second-order valence-electron chi connectivity index (χ2n) is 5.80. The number of carbonyl (C=O) groups excluding carboxylic acids is 1. The van der Waals surface area contributed by atoms with Crippen molar-refractivity contribution in [3.05, 3.63) is 23.8 Å². The maximum absolute atomic E-state index is 12.6. The largest absolute Gasteiger partial charge is 0.454 e. The first-order valence-corrected chi connectivity index (χ1v) is 8.07. The predicted molar refractivity (Wildman–Crippen MR) is 81.9 cm³/mol. The quantitative estimate of drug-likeness (QED) is 0.811. The van der Waals surface area contributed by atoms with Gasteiger partial charge in [0.15, 0.2) is 11.5 Å². The van der Waals surface area contributed by atoms with E-state index in [1.807, 2.05) is 23.1 Å². The molecule has 1 saturated heterocycles. The molecule has 1 unspecified atom stereocenters. The number of fused-ring (bicyclic) bond motifs is 1. The van der Waals surface area contributed by atoms with Crippen LogP contribution in [0.4, 0.5) is 0 Å². The van der Waals surface area contributed by atoms with Crippen molar-refractivity contribution >= 4 is 5.91 Å². The lowest BCUT2D eigenvalue weighted by atomic mass is 10.1. The Kier molecular flexibility index (Phi) is 4.83. The minimum absolute atomic E-state index is 0.114. The molecule has 120 valence electrons. The Morgan fingerprint density at radius 2 is 2.18 bits per heavy atom. The number of nitrogens with zero attached hydrogens (tertiary/aromatic N) is 1. The normalized spacial score (nSPS) is 19.4. The van der Waals surface area contributed by atoms with Gasteiger partial charge >= 0.3 is 0 Å². The third-order valence-electron chi connectivity index (χ3n) is 4.11. The van der Waals surface area contributed by atoms with Crippen LogP contribution in [0, 0.1) is 0 Å². The highest BCUT2D eigenvalue weighted by atomic mass is 16.7. The van der Waals surface area contributed by atoms with E-state index in [0.717, 1.165) is 49.3 Å². The summed E-state index contributed by atoms with van der Waals surface area (Å²) in [5, 5.41) is 0. The fourth-order valence-electron chi connectivity index (χ4n) is 2.85. The lowest BCUT2D eigenvalue weighted by molar-refractivity contribution is -0.141. The number of amides is 1. The minimum Gasteiger partial charge on any atom is -0.454 e. The zero-order valence-corrected chi connectivity index (χ0v) is 13.0. The highest BCUT2D eigenvalue weighted by Crippen LogP contribution is 2.33. The van der Waals surface area contributed by atoms with Crippen molar-refractivity contribution in [1.29, 1.82) is 0 Å². The number of rotatable bonds is 6. The van der Waals surface area contributed by atoms with E-state index in [2.05, 4.69) is 6.92 Å². The second-order valence-corrected chi connectivity index (χ2v) is 5.80. The van der Waals surface area contributed by atoms with E-state index in [1.54, 1.807) is 0 Å². The van der Waals surface area contributed by atoms with E-state index in [0.29, 0.717) is 13.2 Å². The molecule has 0 spiro atoms. The van der Waals surface area contributed by atoms with Crippen LogP contribution < -0.4 is 9.47 Å². The maximum Gasteiger partial charge on any atom is 0.251 e. The van der Waals surface area contributed by atoms with Crippen LogP contribution in [0.2, 0.25) is 0 Å². The van der Waals surface area contributed by atoms with Crippen LogP contribution in [0.25, 0.3) is 0 Å². The van der Waals surface area contributed by atoms with Gasteiger partial charge in [0.1, 0.15) is 6.10 Å². The molecule has 5 nitrogen and oxygen atoms in total. The molecule has 2 aliphatic rings. The molecule has 1 atom stereocenters. The van der Waals surface area contributed by atoms with Crippen molar-refractivity contribution in [1.82, 2.24) is 4.90 Å². The molecule has 0 radical (unpaired) electrons. The first-order valence-electron chi connectivity index (χ1n) is 8.07. The molecule has 1 aromatic carbocycles. The summed E-state index contributed by atoms with van der Waals surface area (Å²) < 4.78 is 16.3. The number of hydrogen-bond acceptors (Lipinski definition) is 4. The molecule has 22 heavy (non-hydrogen) atoms. The first-order chi connectivity index (χ1) is 10.8. The van der Waals surface area contributed by atoms with Crippen molar-refractivity contribution in [3.8, 4) is 11.5 Å². The Morgan fingerprint density at radius 1 is 1.32 bits per heavy atom. The van der Waals surface area contributed by atoms with Gasteiger partial charge in [-0.05, 0) is 37.0 Å². The van der Waals surface area contributed by atoms with Gasteiger partial charge in [-0.2, -0.15) is 0 Å². The van der Waals surface area contributed by atoms with Crippen molar-refractivity contribution in [2.45, 2.75) is 45.3 Å². The van der Waals surface area contributed by atoms with Crippen LogP contribution in [0.15, 0.2) is 18.2 Å². The molecule has 3 rings (SSSR count). The van der Waals surface area contributed by atoms with Crippen LogP contribution in [0.5, 0.6) is 11.5 Å². The van der Waals surface area contributed by atoms with Gasteiger partial charge in [-0.1, -0.05) is 19.4 Å². The van der Waals surface area contributed by atoms with E-state index in [1.165, 1.54) is 0 Å². The van der Waals surface area contributed by atoms with Crippen LogP contribution in [-0.4, -0.2) is 36.9 Å². The SMILES string of the molecule is CCCCN(Cc1ccc2c(c1)OCO2)C(=O)C1CCCO1. The van der Waals surface area contributed by atoms with Gasteiger partial charge in [-0.3, -0.25) is 4.79 Å². The third-order valence-corrected chi connectivity index (χ3v) is 4.11. The molecule has 1 fully saturated rings. The van der Waals surface area contributed by atoms with E-state index in [4.69, 9.17) is 14.2 Å². The van der Waals surface area contributed by atoms with Gasteiger partial charge in [0, 0.05) is 19.7 Å². The number of unbranched alkanes of at least 4 members (excludes halogenated alkanes) is 1. The van der Waals surface area contributed by atoms with E-state index in [-0.39, 0.29) is 18.8 Å². The molecule has 0 N–H and O–H groups in total. The smallest absolute Gasteiger partial charge is 0.251 e. The summed E-state index contributed by atoms with van der Waals surface area (Å²) in [6, 6.07) is 5.87. The van der Waals surface area contributed by atoms with Crippen LogP contribution in [0.1, 0.15) is 38.2 Å². The Balaban J connectivity index is 1.70. The van der Waals surface area contributed by atoms with Gasteiger partial charge in [0.05, 0.1) is 0 Å². The topological polar surface area (TPSA) is 48.0 Å². The summed E-state index contributed by atoms with van der Waals surface area (Å²) in [4.78, 5) is 14.5. The summed E-state index contributed by atoms with van der Waals surface area (Å²) in [5.74, 6) is 1.65. The molecular formula is C17H23NO4. The second kappa shape index (κ2) is 7.01. The van der Waals surface area contributed by atoms with Crippen molar-refractivity contribution < 1.29 is 19.0 Å².